The number of pyridine rings is 1. The number of aliphatic carboxylic acids is 1. The molecule has 15 heavy (non-hydrogen) atoms. The zero-order valence-electron chi connectivity index (χ0n) is 7.18. The predicted octanol–water partition coefficient (Wildman–Crippen LogP) is 3.17. The monoisotopic (exact) mass is 343 g/mol. The van der Waals surface area contributed by atoms with E-state index >= 15 is 0 Å². The van der Waals surface area contributed by atoms with Gasteiger partial charge in [-0.1, -0.05) is 0 Å². The molecule has 1 aromatic heterocycles. The zero-order chi connectivity index (χ0) is 11.6. The highest BCUT2D eigenvalue weighted by molar-refractivity contribution is 9.11. The lowest BCUT2D eigenvalue weighted by Gasteiger charge is -2.06. The van der Waals surface area contributed by atoms with Crippen LogP contribution in [0.15, 0.2) is 15.1 Å². The first-order valence-corrected chi connectivity index (χ1v) is 5.35. The van der Waals surface area contributed by atoms with E-state index in [4.69, 9.17) is 5.11 Å². The molecule has 0 unspecified atom stereocenters. The van der Waals surface area contributed by atoms with Crippen LogP contribution in [-0.2, 0) is 11.2 Å². The molecule has 0 radical (unpaired) electrons. The van der Waals surface area contributed by atoms with E-state index in [1.807, 2.05) is 0 Å². The van der Waals surface area contributed by atoms with Gasteiger partial charge >= 0.3 is 5.97 Å². The van der Waals surface area contributed by atoms with Gasteiger partial charge in [0.1, 0.15) is 4.60 Å². The van der Waals surface area contributed by atoms with Crippen LogP contribution in [0, 0.1) is 0 Å². The van der Waals surface area contributed by atoms with Crippen LogP contribution < -0.4 is 0 Å². The van der Waals surface area contributed by atoms with Crippen LogP contribution in [0.1, 0.15) is 17.7 Å². The molecular formula is C8H5Br2F2NO2. The summed E-state index contributed by atoms with van der Waals surface area (Å²) in [7, 11) is 0. The summed E-state index contributed by atoms with van der Waals surface area (Å²) in [6.45, 7) is 0. The Bertz CT molecular complexity index is 398. The number of carboxylic acid groups (broad SMARTS) is 1. The predicted molar refractivity (Wildman–Crippen MR) is 55.9 cm³/mol. The fourth-order valence-corrected chi connectivity index (χ4v) is 1.91. The Hall–Kier alpha value is -0.560. The van der Waals surface area contributed by atoms with Crippen LogP contribution in [0.5, 0.6) is 0 Å². The molecule has 1 rings (SSSR count). The van der Waals surface area contributed by atoms with Gasteiger partial charge in [0.05, 0.1) is 17.7 Å². The third-order valence-electron chi connectivity index (χ3n) is 1.58. The van der Waals surface area contributed by atoms with Crippen LogP contribution in [-0.4, -0.2) is 16.1 Å². The molecule has 7 heteroatoms. The molecule has 1 heterocycles. The molecule has 0 aromatic carbocycles. The van der Waals surface area contributed by atoms with E-state index < -0.39 is 12.4 Å². The number of carboxylic acids is 1. The average molecular weight is 345 g/mol. The normalized spacial score (nSPS) is 10.7. The van der Waals surface area contributed by atoms with Crippen molar-refractivity contribution in [1.82, 2.24) is 4.98 Å². The number of rotatable bonds is 3. The van der Waals surface area contributed by atoms with Crippen LogP contribution in [0.4, 0.5) is 8.78 Å². The first-order valence-electron chi connectivity index (χ1n) is 3.76. The molecule has 0 aliphatic carbocycles. The van der Waals surface area contributed by atoms with Gasteiger partial charge in [-0.2, -0.15) is 0 Å². The van der Waals surface area contributed by atoms with Gasteiger partial charge in [-0.15, -0.1) is 0 Å². The summed E-state index contributed by atoms with van der Waals surface area (Å²) < 4.78 is 25.0. The molecule has 0 saturated heterocycles. The smallest absolute Gasteiger partial charge is 0.309 e. The van der Waals surface area contributed by atoms with Gasteiger partial charge in [0.15, 0.2) is 0 Å². The second kappa shape index (κ2) is 4.98. The molecule has 0 saturated carbocycles. The maximum absolute atomic E-state index is 12.4. The Morgan fingerprint density at radius 1 is 1.53 bits per heavy atom. The van der Waals surface area contributed by atoms with Crippen molar-refractivity contribution in [3.05, 3.63) is 26.4 Å². The molecule has 3 nitrogen and oxygen atoms in total. The van der Waals surface area contributed by atoms with Crippen molar-refractivity contribution in [3.63, 3.8) is 0 Å². The molecule has 82 valence electrons. The number of hydrogen-bond donors (Lipinski definition) is 1. The van der Waals surface area contributed by atoms with Crippen molar-refractivity contribution in [1.29, 1.82) is 0 Å². The third-order valence-corrected chi connectivity index (χ3v) is 2.90. The highest BCUT2D eigenvalue weighted by atomic mass is 79.9. The summed E-state index contributed by atoms with van der Waals surface area (Å²) >= 11 is 5.86. The van der Waals surface area contributed by atoms with Crippen molar-refractivity contribution in [2.45, 2.75) is 12.8 Å². The fraction of sp³-hybridized carbons (Fsp3) is 0.250. The molecule has 1 N–H and O–H groups in total. The minimum absolute atomic E-state index is 0.0306. The lowest BCUT2D eigenvalue weighted by Crippen LogP contribution is -2.05. The van der Waals surface area contributed by atoms with Gasteiger partial charge in [0.25, 0.3) is 6.43 Å². The first-order chi connectivity index (χ1) is 6.91. The molecule has 0 amide bonds. The van der Waals surface area contributed by atoms with Crippen molar-refractivity contribution >= 4 is 37.8 Å². The number of nitrogens with zero attached hydrogens (tertiary/aromatic N) is 1. The highest BCUT2D eigenvalue weighted by Gasteiger charge is 2.17. The van der Waals surface area contributed by atoms with E-state index in [2.05, 4.69) is 36.8 Å². The van der Waals surface area contributed by atoms with E-state index in [1.54, 1.807) is 0 Å². The van der Waals surface area contributed by atoms with E-state index in [0.29, 0.717) is 0 Å². The molecule has 0 bridgehead atoms. The van der Waals surface area contributed by atoms with Crippen molar-refractivity contribution < 1.29 is 18.7 Å². The maximum Gasteiger partial charge on any atom is 0.309 e. The van der Waals surface area contributed by atoms with Gasteiger partial charge in [-0.3, -0.25) is 4.79 Å². The highest BCUT2D eigenvalue weighted by Crippen LogP contribution is 2.30. The Morgan fingerprint density at radius 3 is 2.60 bits per heavy atom. The minimum Gasteiger partial charge on any atom is -0.481 e. The fourth-order valence-electron chi connectivity index (χ4n) is 0.936. The number of hydrogen-bond acceptors (Lipinski definition) is 2. The topological polar surface area (TPSA) is 50.2 Å². The summed E-state index contributed by atoms with van der Waals surface area (Å²) in [6.07, 6.45) is -2.97. The Balaban J connectivity index is 3.13. The standard InChI is InChI=1S/C8H5Br2F2NO2/c9-4-1-3(8(11)12)7(10)13-5(4)2-6(14)15/h1,8H,2H2,(H,14,15). The van der Waals surface area contributed by atoms with Crippen LogP contribution in [0.25, 0.3) is 0 Å². The van der Waals surface area contributed by atoms with Gasteiger partial charge in [0.2, 0.25) is 0 Å². The minimum atomic E-state index is -2.65. The molecule has 1 aromatic rings. The summed E-state index contributed by atoms with van der Waals surface area (Å²) in [5, 5.41) is 8.54. The van der Waals surface area contributed by atoms with Crippen LogP contribution in [0.3, 0.4) is 0 Å². The SMILES string of the molecule is O=C(O)Cc1nc(Br)c(C(F)F)cc1Br. The van der Waals surface area contributed by atoms with Crippen molar-refractivity contribution in [2.75, 3.05) is 0 Å². The van der Waals surface area contributed by atoms with E-state index in [9.17, 15) is 13.6 Å². The quantitative estimate of drug-likeness (QED) is 0.857. The van der Waals surface area contributed by atoms with Crippen LogP contribution >= 0.6 is 31.9 Å². The summed E-state index contributed by atoms with van der Waals surface area (Å²) in [5.74, 6) is -1.07. The average Bonchev–Trinajstić information content (AvgIpc) is 2.09. The van der Waals surface area contributed by atoms with Gasteiger partial charge in [-0.25, -0.2) is 13.8 Å². The lowest BCUT2D eigenvalue weighted by atomic mass is 10.2. The van der Waals surface area contributed by atoms with E-state index in [1.165, 1.54) is 6.07 Å². The third kappa shape index (κ3) is 3.20. The van der Waals surface area contributed by atoms with Gasteiger partial charge in [0, 0.05) is 4.47 Å². The Morgan fingerprint density at radius 2 is 2.13 bits per heavy atom. The van der Waals surface area contributed by atoms with Crippen molar-refractivity contribution in [3.8, 4) is 0 Å². The van der Waals surface area contributed by atoms with Crippen molar-refractivity contribution in [2.24, 2.45) is 0 Å². The summed E-state index contributed by atoms with van der Waals surface area (Å²) in [6, 6.07) is 1.17. The summed E-state index contributed by atoms with van der Waals surface area (Å²) in [4.78, 5) is 14.2. The largest absolute Gasteiger partial charge is 0.481 e. The Labute approximate surface area is 101 Å². The molecule has 0 aliphatic heterocycles. The van der Waals surface area contributed by atoms with Gasteiger partial charge in [-0.05, 0) is 37.9 Å². The molecule has 0 aliphatic rings. The number of carbonyl (C=O) groups is 1. The molecule has 0 fully saturated rings. The summed E-state index contributed by atoms with van der Waals surface area (Å²) in [5.41, 5.74) is -0.0604. The first kappa shape index (κ1) is 12.5. The van der Waals surface area contributed by atoms with E-state index in [-0.39, 0.29) is 26.8 Å². The van der Waals surface area contributed by atoms with Gasteiger partial charge < -0.3 is 5.11 Å². The van der Waals surface area contributed by atoms with E-state index in [0.717, 1.165) is 0 Å². The number of alkyl halides is 2. The zero-order valence-corrected chi connectivity index (χ0v) is 10.3. The van der Waals surface area contributed by atoms with Crippen LogP contribution in [0.2, 0.25) is 0 Å². The lowest BCUT2D eigenvalue weighted by molar-refractivity contribution is -0.136. The number of halogens is 4. The maximum atomic E-state index is 12.4. The second-order valence-electron chi connectivity index (χ2n) is 2.67. The number of aromatic nitrogens is 1. The molecule has 0 atom stereocenters. The Kier molecular flexibility index (Phi) is 4.15. The second-order valence-corrected chi connectivity index (χ2v) is 4.27. The molecular weight excluding hydrogens is 340 g/mol. The molecule has 0 spiro atoms.